The normalized spacial score (nSPS) is 33.4. The predicted octanol–water partition coefficient (Wildman–Crippen LogP) is 3.35. The van der Waals surface area contributed by atoms with Crippen LogP contribution in [0.4, 0.5) is 0 Å². The highest BCUT2D eigenvalue weighted by Gasteiger charge is 2.58. The number of rotatable bonds is 3. The van der Waals surface area contributed by atoms with E-state index in [0.29, 0.717) is 12.8 Å². The number of aliphatic carboxylic acids is 1. The van der Waals surface area contributed by atoms with Gasteiger partial charge in [0.15, 0.2) is 0 Å². The smallest absolute Gasteiger partial charge is 0.309 e. The number of carbonyl (C=O) groups is 2. The Kier molecular flexibility index (Phi) is 4.64. The van der Waals surface area contributed by atoms with Gasteiger partial charge in [0, 0.05) is 12.0 Å². The van der Waals surface area contributed by atoms with Gasteiger partial charge in [0.1, 0.15) is 0 Å². The Hall–Kier alpha value is -1.06. The fourth-order valence-corrected chi connectivity index (χ4v) is 4.07. The van der Waals surface area contributed by atoms with Gasteiger partial charge >= 0.3 is 5.97 Å². The Morgan fingerprint density at radius 2 is 1.57 bits per heavy atom. The molecule has 2 N–H and O–H groups in total. The summed E-state index contributed by atoms with van der Waals surface area (Å²) in [6.07, 6.45) is 8.28. The molecule has 2 aliphatic carbocycles. The molecule has 21 heavy (non-hydrogen) atoms. The van der Waals surface area contributed by atoms with Gasteiger partial charge in [-0.15, -0.1) is 0 Å². The molecule has 0 spiro atoms. The Morgan fingerprint density at radius 1 is 1.00 bits per heavy atom. The van der Waals surface area contributed by atoms with E-state index in [1.807, 2.05) is 13.8 Å². The van der Waals surface area contributed by atoms with Gasteiger partial charge in [0.05, 0.1) is 5.41 Å². The van der Waals surface area contributed by atoms with Crippen LogP contribution in [0, 0.1) is 16.7 Å². The first kappa shape index (κ1) is 16.3. The van der Waals surface area contributed by atoms with Crippen molar-refractivity contribution >= 4 is 11.9 Å². The highest BCUT2D eigenvalue weighted by Crippen LogP contribution is 2.56. The second-order valence-electron chi connectivity index (χ2n) is 7.65. The van der Waals surface area contributed by atoms with E-state index in [1.54, 1.807) is 6.92 Å². The number of carbonyl (C=O) groups excluding carboxylic acids is 1. The molecular formula is C17H29NO3. The van der Waals surface area contributed by atoms with Crippen LogP contribution in [0.25, 0.3) is 0 Å². The highest BCUT2D eigenvalue weighted by atomic mass is 16.4. The van der Waals surface area contributed by atoms with E-state index in [2.05, 4.69) is 5.32 Å². The van der Waals surface area contributed by atoms with E-state index in [1.165, 1.54) is 25.7 Å². The summed E-state index contributed by atoms with van der Waals surface area (Å²) < 4.78 is 0. The number of hydrogen-bond donors (Lipinski definition) is 2. The summed E-state index contributed by atoms with van der Waals surface area (Å²) >= 11 is 0. The minimum Gasteiger partial charge on any atom is -0.481 e. The van der Waals surface area contributed by atoms with E-state index < -0.39 is 16.8 Å². The van der Waals surface area contributed by atoms with Crippen LogP contribution >= 0.6 is 0 Å². The fourth-order valence-electron chi connectivity index (χ4n) is 4.07. The third-order valence-electron chi connectivity index (χ3n) is 6.22. The standard InChI is InChI=1S/C17H29NO3/c1-16(2)13(10-11-17(16,3)15(20)21)14(19)18-12-8-6-4-5-7-9-12/h12-13H,4-11H2,1-3H3,(H,18,19)(H,20,21)/t13-,17-/m1/s1. The van der Waals surface area contributed by atoms with E-state index in [0.717, 1.165) is 12.8 Å². The maximum Gasteiger partial charge on any atom is 0.309 e. The molecule has 0 aliphatic heterocycles. The molecule has 4 nitrogen and oxygen atoms in total. The Bertz CT molecular complexity index is 410. The molecule has 2 fully saturated rings. The average Bonchev–Trinajstić information content (AvgIpc) is 2.59. The van der Waals surface area contributed by atoms with Crippen molar-refractivity contribution in [2.75, 3.05) is 0 Å². The Morgan fingerprint density at radius 3 is 2.05 bits per heavy atom. The van der Waals surface area contributed by atoms with Gasteiger partial charge in [0.25, 0.3) is 0 Å². The summed E-state index contributed by atoms with van der Waals surface area (Å²) in [6.45, 7) is 5.66. The molecule has 0 aromatic rings. The molecule has 1 amide bonds. The zero-order valence-electron chi connectivity index (χ0n) is 13.6. The predicted molar refractivity (Wildman–Crippen MR) is 81.9 cm³/mol. The summed E-state index contributed by atoms with van der Waals surface area (Å²) in [5.41, 5.74) is -1.31. The van der Waals surface area contributed by atoms with Crippen LogP contribution < -0.4 is 5.32 Å². The maximum absolute atomic E-state index is 12.6. The van der Waals surface area contributed by atoms with Crippen LogP contribution in [0.1, 0.15) is 72.1 Å². The first-order valence-electron chi connectivity index (χ1n) is 8.33. The van der Waals surface area contributed by atoms with Crippen molar-refractivity contribution in [1.82, 2.24) is 5.32 Å². The summed E-state index contributed by atoms with van der Waals surface area (Å²) in [4.78, 5) is 24.3. The molecule has 0 aromatic carbocycles. The molecule has 2 saturated carbocycles. The van der Waals surface area contributed by atoms with Gasteiger partial charge in [0.2, 0.25) is 5.91 Å². The number of carboxylic acid groups (broad SMARTS) is 1. The summed E-state index contributed by atoms with van der Waals surface area (Å²) in [5, 5.41) is 12.7. The van der Waals surface area contributed by atoms with Gasteiger partial charge in [-0.3, -0.25) is 9.59 Å². The van der Waals surface area contributed by atoms with Gasteiger partial charge in [-0.05, 0) is 38.0 Å². The van der Waals surface area contributed by atoms with Crippen molar-refractivity contribution in [2.45, 2.75) is 78.2 Å². The largest absolute Gasteiger partial charge is 0.481 e. The van der Waals surface area contributed by atoms with Crippen molar-refractivity contribution in [1.29, 1.82) is 0 Å². The van der Waals surface area contributed by atoms with Crippen molar-refractivity contribution in [3.63, 3.8) is 0 Å². The van der Waals surface area contributed by atoms with Crippen molar-refractivity contribution < 1.29 is 14.7 Å². The van der Waals surface area contributed by atoms with E-state index in [-0.39, 0.29) is 17.9 Å². The SMILES string of the molecule is CC1(C)[C@@H](C(=O)NC2CCCCCC2)CC[C@]1(C)C(=O)O. The third-order valence-corrected chi connectivity index (χ3v) is 6.22. The van der Waals surface area contributed by atoms with Gasteiger partial charge in [-0.25, -0.2) is 0 Å². The Labute approximate surface area is 127 Å². The molecule has 0 unspecified atom stereocenters. The molecule has 2 atom stereocenters. The van der Waals surface area contributed by atoms with Crippen molar-refractivity contribution in [2.24, 2.45) is 16.7 Å². The van der Waals surface area contributed by atoms with E-state index >= 15 is 0 Å². The quantitative estimate of drug-likeness (QED) is 0.785. The van der Waals surface area contributed by atoms with E-state index in [4.69, 9.17) is 0 Å². The van der Waals surface area contributed by atoms with Crippen LogP contribution in [-0.2, 0) is 9.59 Å². The molecule has 0 heterocycles. The second-order valence-corrected chi connectivity index (χ2v) is 7.65. The monoisotopic (exact) mass is 295 g/mol. The zero-order chi connectivity index (χ0) is 15.7. The lowest BCUT2D eigenvalue weighted by molar-refractivity contribution is -0.155. The highest BCUT2D eigenvalue weighted by molar-refractivity contribution is 5.84. The summed E-state index contributed by atoms with van der Waals surface area (Å²) in [7, 11) is 0. The minimum absolute atomic E-state index is 0.0666. The maximum atomic E-state index is 12.6. The second kappa shape index (κ2) is 5.98. The van der Waals surface area contributed by atoms with Crippen LogP contribution in [-0.4, -0.2) is 23.0 Å². The van der Waals surface area contributed by atoms with Crippen LogP contribution in [0.15, 0.2) is 0 Å². The zero-order valence-corrected chi connectivity index (χ0v) is 13.6. The van der Waals surface area contributed by atoms with Crippen LogP contribution in [0.5, 0.6) is 0 Å². The number of nitrogens with one attached hydrogen (secondary N) is 1. The molecule has 0 radical (unpaired) electrons. The summed E-state index contributed by atoms with van der Waals surface area (Å²) in [5.74, 6) is -0.906. The van der Waals surface area contributed by atoms with Crippen LogP contribution in [0.2, 0.25) is 0 Å². The van der Waals surface area contributed by atoms with E-state index in [9.17, 15) is 14.7 Å². The van der Waals surface area contributed by atoms with Gasteiger partial charge in [-0.1, -0.05) is 39.5 Å². The lowest BCUT2D eigenvalue weighted by Crippen LogP contribution is -2.47. The topological polar surface area (TPSA) is 66.4 Å². The fraction of sp³-hybridized carbons (Fsp3) is 0.882. The van der Waals surface area contributed by atoms with Gasteiger partial charge in [-0.2, -0.15) is 0 Å². The molecule has 0 saturated heterocycles. The molecule has 120 valence electrons. The van der Waals surface area contributed by atoms with Gasteiger partial charge < -0.3 is 10.4 Å². The number of amides is 1. The minimum atomic E-state index is -0.807. The first-order chi connectivity index (χ1) is 9.79. The molecular weight excluding hydrogens is 266 g/mol. The molecule has 4 heteroatoms. The lowest BCUT2D eigenvalue weighted by atomic mass is 9.65. The van der Waals surface area contributed by atoms with Crippen LogP contribution in [0.3, 0.4) is 0 Å². The number of hydrogen-bond acceptors (Lipinski definition) is 2. The summed E-state index contributed by atoms with van der Waals surface area (Å²) in [6, 6.07) is 0.285. The molecule has 2 rings (SSSR count). The molecule has 2 aliphatic rings. The molecule has 0 bridgehead atoms. The third kappa shape index (κ3) is 2.95. The number of carboxylic acids is 1. The Balaban J connectivity index is 2.04. The average molecular weight is 295 g/mol. The molecule has 0 aromatic heterocycles. The van der Waals surface area contributed by atoms with Crippen molar-refractivity contribution in [3.05, 3.63) is 0 Å². The van der Waals surface area contributed by atoms with Crippen molar-refractivity contribution in [3.8, 4) is 0 Å². The lowest BCUT2D eigenvalue weighted by Gasteiger charge is -2.38. The first-order valence-corrected chi connectivity index (χ1v) is 8.33.